The monoisotopic (exact) mass is 311 g/mol. The van der Waals surface area contributed by atoms with Gasteiger partial charge in [0.1, 0.15) is 0 Å². The molecule has 1 saturated carbocycles. The van der Waals surface area contributed by atoms with E-state index < -0.39 is 0 Å². The molecule has 0 aliphatic heterocycles. The summed E-state index contributed by atoms with van der Waals surface area (Å²) in [4.78, 5) is 0. The van der Waals surface area contributed by atoms with E-state index in [1.54, 1.807) is 0 Å². The molecule has 0 radical (unpaired) electrons. The van der Waals surface area contributed by atoms with Gasteiger partial charge in [-0.25, -0.2) is 0 Å². The van der Waals surface area contributed by atoms with Crippen molar-refractivity contribution in [2.24, 2.45) is 11.7 Å². The van der Waals surface area contributed by atoms with Crippen molar-refractivity contribution in [2.75, 3.05) is 6.54 Å². The van der Waals surface area contributed by atoms with Crippen LogP contribution in [0.15, 0.2) is 28.7 Å². The van der Waals surface area contributed by atoms with Gasteiger partial charge in [0.25, 0.3) is 0 Å². The van der Waals surface area contributed by atoms with Crippen LogP contribution >= 0.6 is 15.9 Å². The minimum absolute atomic E-state index is 0.0682. The molecule has 100 valence electrons. The summed E-state index contributed by atoms with van der Waals surface area (Å²) in [6.45, 7) is 0.509. The average molecular weight is 312 g/mol. The van der Waals surface area contributed by atoms with Crippen molar-refractivity contribution >= 4 is 15.9 Å². The van der Waals surface area contributed by atoms with Crippen molar-refractivity contribution in [3.8, 4) is 0 Å². The number of halogens is 1. The van der Waals surface area contributed by atoms with E-state index in [4.69, 9.17) is 5.73 Å². The van der Waals surface area contributed by atoms with Gasteiger partial charge in [0.05, 0.1) is 6.10 Å². The highest BCUT2D eigenvalue weighted by molar-refractivity contribution is 9.10. The second-order valence-corrected chi connectivity index (χ2v) is 6.26. The predicted octanol–water partition coefficient (Wildman–Crippen LogP) is 3.43. The number of aliphatic hydroxyl groups is 1. The minimum Gasteiger partial charge on any atom is -0.392 e. The average Bonchev–Trinajstić information content (AvgIpc) is 2.85. The smallest absolute Gasteiger partial charge is 0.0623 e. The fourth-order valence-electron chi connectivity index (χ4n) is 2.98. The first-order chi connectivity index (χ1) is 8.70. The molecule has 18 heavy (non-hydrogen) atoms. The first-order valence-corrected chi connectivity index (χ1v) is 7.63. The first kappa shape index (κ1) is 14.0. The fraction of sp³-hybridized carbons (Fsp3) is 0.600. The molecule has 2 unspecified atom stereocenters. The Morgan fingerprint density at radius 1 is 1.22 bits per heavy atom. The van der Waals surface area contributed by atoms with Gasteiger partial charge in [-0.05, 0) is 30.0 Å². The number of nitrogens with two attached hydrogens (primary N) is 1. The van der Waals surface area contributed by atoms with E-state index in [0.29, 0.717) is 12.5 Å². The van der Waals surface area contributed by atoms with Crippen molar-refractivity contribution in [1.82, 2.24) is 0 Å². The highest BCUT2D eigenvalue weighted by Crippen LogP contribution is 2.32. The van der Waals surface area contributed by atoms with Gasteiger partial charge in [0.15, 0.2) is 0 Å². The van der Waals surface area contributed by atoms with Crippen LogP contribution in [0.4, 0.5) is 0 Å². The predicted molar refractivity (Wildman–Crippen MR) is 78.5 cm³/mol. The SMILES string of the molecule is NCC(c1ccc(Br)cc1)C(O)CC1CCCC1. The lowest BCUT2D eigenvalue weighted by Crippen LogP contribution is -2.27. The molecule has 1 aliphatic rings. The van der Waals surface area contributed by atoms with Crippen molar-refractivity contribution in [1.29, 1.82) is 0 Å². The summed E-state index contributed by atoms with van der Waals surface area (Å²) in [5.41, 5.74) is 6.99. The van der Waals surface area contributed by atoms with Gasteiger partial charge in [0, 0.05) is 16.9 Å². The van der Waals surface area contributed by atoms with Crippen LogP contribution in [-0.2, 0) is 0 Å². The number of rotatable bonds is 5. The molecule has 1 aromatic carbocycles. The lowest BCUT2D eigenvalue weighted by Gasteiger charge is -2.24. The van der Waals surface area contributed by atoms with E-state index in [2.05, 4.69) is 28.1 Å². The molecule has 0 saturated heterocycles. The van der Waals surface area contributed by atoms with Gasteiger partial charge < -0.3 is 10.8 Å². The van der Waals surface area contributed by atoms with E-state index in [0.717, 1.165) is 16.5 Å². The Kier molecular flexibility index (Phi) is 5.22. The second kappa shape index (κ2) is 6.69. The zero-order valence-electron chi connectivity index (χ0n) is 10.7. The van der Waals surface area contributed by atoms with E-state index in [1.165, 1.54) is 25.7 Å². The Bertz CT molecular complexity index is 359. The summed E-state index contributed by atoms with van der Waals surface area (Å²) in [6.07, 6.45) is 5.78. The normalized spacial score (nSPS) is 19.9. The Hall–Kier alpha value is -0.380. The molecular formula is C15H22BrNO. The van der Waals surface area contributed by atoms with E-state index >= 15 is 0 Å². The summed E-state index contributed by atoms with van der Waals surface area (Å²) in [7, 11) is 0. The minimum atomic E-state index is -0.306. The maximum absolute atomic E-state index is 10.4. The Balaban J connectivity index is 2.00. The van der Waals surface area contributed by atoms with Crippen LogP contribution in [-0.4, -0.2) is 17.8 Å². The van der Waals surface area contributed by atoms with E-state index in [1.807, 2.05) is 12.1 Å². The number of aliphatic hydroxyl groups excluding tert-OH is 1. The van der Waals surface area contributed by atoms with Gasteiger partial charge in [-0.3, -0.25) is 0 Å². The summed E-state index contributed by atoms with van der Waals surface area (Å²) in [6, 6.07) is 8.14. The van der Waals surface area contributed by atoms with Crippen molar-refractivity contribution < 1.29 is 5.11 Å². The van der Waals surface area contributed by atoms with Gasteiger partial charge in [-0.15, -0.1) is 0 Å². The zero-order valence-corrected chi connectivity index (χ0v) is 12.3. The summed E-state index contributed by atoms with van der Waals surface area (Å²) < 4.78 is 1.06. The summed E-state index contributed by atoms with van der Waals surface area (Å²) in [5.74, 6) is 0.767. The Morgan fingerprint density at radius 2 is 1.83 bits per heavy atom. The molecule has 0 amide bonds. The maximum atomic E-state index is 10.4. The van der Waals surface area contributed by atoms with Gasteiger partial charge in [0.2, 0.25) is 0 Å². The topological polar surface area (TPSA) is 46.2 Å². The van der Waals surface area contributed by atoms with Crippen LogP contribution in [0.5, 0.6) is 0 Å². The van der Waals surface area contributed by atoms with Crippen molar-refractivity contribution in [3.05, 3.63) is 34.3 Å². The molecule has 0 spiro atoms. The molecule has 2 atom stereocenters. The van der Waals surface area contributed by atoms with E-state index in [-0.39, 0.29) is 12.0 Å². The summed E-state index contributed by atoms with van der Waals surface area (Å²) >= 11 is 3.43. The van der Waals surface area contributed by atoms with Crippen molar-refractivity contribution in [3.63, 3.8) is 0 Å². The Labute approximate surface area is 118 Å². The second-order valence-electron chi connectivity index (χ2n) is 5.35. The number of hydrogen-bond acceptors (Lipinski definition) is 2. The third kappa shape index (κ3) is 3.56. The standard InChI is InChI=1S/C15H22BrNO/c16-13-7-5-12(6-8-13)14(10-17)15(18)9-11-3-1-2-4-11/h5-8,11,14-15,18H,1-4,9-10,17H2. The molecule has 0 bridgehead atoms. The third-order valence-electron chi connectivity index (χ3n) is 4.07. The molecule has 2 nitrogen and oxygen atoms in total. The lowest BCUT2D eigenvalue weighted by atomic mass is 9.87. The quantitative estimate of drug-likeness (QED) is 0.875. The maximum Gasteiger partial charge on any atom is 0.0623 e. The molecule has 1 aromatic rings. The molecule has 0 heterocycles. The van der Waals surface area contributed by atoms with Crippen molar-refractivity contribution in [2.45, 2.75) is 44.1 Å². The number of benzene rings is 1. The van der Waals surface area contributed by atoms with Crippen LogP contribution in [0.3, 0.4) is 0 Å². The molecule has 0 aromatic heterocycles. The van der Waals surface area contributed by atoms with Crippen LogP contribution in [0.25, 0.3) is 0 Å². The van der Waals surface area contributed by atoms with E-state index in [9.17, 15) is 5.11 Å². The van der Waals surface area contributed by atoms with Crippen LogP contribution in [0, 0.1) is 5.92 Å². The van der Waals surface area contributed by atoms with Crippen LogP contribution in [0.2, 0.25) is 0 Å². The van der Waals surface area contributed by atoms with Gasteiger partial charge in [-0.2, -0.15) is 0 Å². The van der Waals surface area contributed by atoms with Crippen LogP contribution < -0.4 is 5.73 Å². The lowest BCUT2D eigenvalue weighted by molar-refractivity contribution is 0.116. The fourth-order valence-corrected chi connectivity index (χ4v) is 3.24. The molecule has 2 rings (SSSR count). The molecular weight excluding hydrogens is 290 g/mol. The highest BCUT2D eigenvalue weighted by Gasteiger charge is 2.25. The van der Waals surface area contributed by atoms with Gasteiger partial charge in [-0.1, -0.05) is 53.7 Å². The zero-order chi connectivity index (χ0) is 13.0. The summed E-state index contributed by atoms with van der Waals surface area (Å²) in [5, 5.41) is 10.4. The Morgan fingerprint density at radius 3 is 2.39 bits per heavy atom. The first-order valence-electron chi connectivity index (χ1n) is 6.84. The molecule has 3 heteroatoms. The molecule has 1 aliphatic carbocycles. The molecule has 1 fully saturated rings. The third-order valence-corrected chi connectivity index (χ3v) is 4.59. The number of hydrogen-bond donors (Lipinski definition) is 2. The highest BCUT2D eigenvalue weighted by atomic mass is 79.9. The largest absolute Gasteiger partial charge is 0.392 e. The van der Waals surface area contributed by atoms with Gasteiger partial charge >= 0.3 is 0 Å². The van der Waals surface area contributed by atoms with Crippen LogP contribution in [0.1, 0.15) is 43.6 Å². The molecule has 3 N–H and O–H groups in total.